The summed E-state index contributed by atoms with van der Waals surface area (Å²) in [7, 11) is 0. The zero-order chi connectivity index (χ0) is 15.5. The molecule has 2 aromatic heterocycles. The van der Waals surface area contributed by atoms with Gasteiger partial charge in [-0.3, -0.25) is 4.79 Å². The second kappa shape index (κ2) is 6.67. The van der Waals surface area contributed by atoms with E-state index in [1.54, 1.807) is 30.0 Å². The number of hydrogen-bond acceptors (Lipinski definition) is 7. The van der Waals surface area contributed by atoms with Crippen molar-refractivity contribution in [2.45, 2.75) is 15.6 Å². The van der Waals surface area contributed by atoms with Crippen molar-refractivity contribution >= 4 is 51.7 Å². The SMILES string of the molecule is CCSc1nnc(SCC(=O)c2ccc3[nH]c(=O)[nH]c3c2)s1. The fourth-order valence-electron chi connectivity index (χ4n) is 1.85. The molecule has 1 aromatic carbocycles. The Balaban J connectivity index is 1.68. The molecule has 0 atom stereocenters. The summed E-state index contributed by atoms with van der Waals surface area (Å²) >= 11 is 4.52. The van der Waals surface area contributed by atoms with Crippen molar-refractivity contribution in [3.63, 3.8) is 0 Å². The van der Waals surface area contributed by atoms with Crippen molar-refractivity contribution < 1.29 is 4.79 Å². The summed E-state index contributed by atoms with van der Waals surface area (Å²) in [4.78, 5) is 28.8. The fourth-order valence-corrected chi connectivity index (χ4v) is 4.67. The van der Waals surface area contributed by atoms with Crippen molar-refractivity contribution in [1.82, 2.24) is 20.2 Å². The van der Waals surface area contributed by atoms with Crippen molar-refractivity contribution in [2.24, 2.45) is 0 Å². The van der Waals surface area contributed by atoms with E-state index in [1.807, 2.05) is 0 Å². The van der Waals surface area contributed by atoms with Crippen molar-refractivity contribution in [3.05, 3.63) is 34.2 Å². The van der Waals surface area contributed by atoms with Crippen LogP contribution in [-0.4, -0.2) is 37.5 Å². The Labute approximate surface area is 138 Å². The molecule has 0 spiro atoms. The number of Topliss-reactive ketones (excluding diaryl/α,β-unsaturated/α-hetero) is 1. The van der Waals surface area contributed by atoms with Gasteiger partial charge in [-0.2, -0.15) is 0 Å². The number of thioether (sulfide) groups is 2. The average molecular weight is 352 g/mol. The first-order chi connectivity index (χ1) is 10.7. The van der Waals surface area contributed by atoms with Crippen LogP contribution >= 0.6 is 34.9 Å². The Bertz CT molecular complexity index is 867. The standard InChI is InChI=1S/C13H12N4O2S3/c1-2-20-12-16-17-13(22-12)21-6-10(18)7-3-4-8-9(5-7)15-11(19)14-8/h3-5H,2,6H2,1H3,(H2,14,15,19). The van der Waals surface area contributed by atoms with Crippen LogP contribution in [0.3, 0.4) is 0 Å². The number of fused-ring (bicyclic) bond motifs is 1. The predicted octanol–water partition coefficient (Wildman–Crippen LogP) is 2.79. The smallest absolute Gasteiger partial charge is 0.306 e. The molecule has 114 valence electrons. The fraction of sp³-hybridized carbons (Fsp3) is 0.231. The van der Waals surface area contributed by atoms with Gasteiger partial charge in [0.05, 0.1) is 16.8 Å². The monoisotopic (exact) mass is 352 g/mol. The molecule has 22 heavy (non-hydrogen) atoms. The second-order valence-corrected chi connectivity index (χ2v) is 8.03. The van der Waals surface area contributed by atoms with Crippen LogP contribution in [-0.2, 0) is 0 Å². The summed E-state index contributed by atoms with van der Waals surface area (Å²) in [6, 6.07) is 5.13. The minimum absolute atomic E-state index is 0.00570. The van der Waals surface area contributed by atoms with E-state index in [1.165, 1.54) is 23.1 Å². The highest BCUT2D eigenvalue weighted by Gasteiger charge is 2.11. The topological polar surface area (TPSA) is 91.5 Å². The van der Waals surface area contributed by atoms with Gasteiger partial charge in [-0.15, -0.1) is 10.2 Å². The van der Waals surface area contributed by atoms with Gasteiger partial charge in [0.15, 0.2) is 14.5 Å². The zero-order valence-electron chi connectivity index (χ0n) is 11.6. The molecule has 0 saturated carbocycles. The Kier molecular flexibility index (Phi) is 4.65. The van der Waals surface area contributed by atoms with Gasteiger partial charge in [-0.05, 0) is 24.0 Å². The number of carbonyl (C=O) groups excluding carboxylic acids is 1. The Morgan fingerprint density at radius 1 is 1.18 bits per heavy atom. The molecule has 2 N–H and O–H groups in total. The Morgan fingerprint density at radius 3 is 2.68 bits per heavy atom. The lowest BCUT2D eigenvalue weighted by molar-refractivity contribution is 0.102. The van der Waals surface area contributed by atoms with Crippen LogP contribution in [0.15, 0.2) is 31.7 Å². The largest absolute Gasteiger partial charge is 0.323 e. The first-order valence-corrected chi connectivity index (χ1v) is 9.29. The first kappa shape index (κ1) is 15.3. The highest BCUT2D eigenvalue weighted by molar-refractivity contribution is 8.03. The highest BCUT2D eigenvalue weighted by atomic mass is 32.2. The van der Waals surface area contributed by atoms with Crippen LogP contribution in [0.4, 0.5) is 0 Å². The van der Waals surface area contributed by atoms with E-state index >= 15 is 0 Å². The van der Waals surface area contributed by atoms with Crippen molar-refractivity contribution in [3.8, 4) is 0 Å². The van der Waals surface area contributed by atoms with E-state index in [9.17, 15) is 9.59 Å². The lowest BCUT2D eigenvalue weighted by atomic mass is 10.1. The third-order valence-corrected chi connectivity index (χ3v) is 5.89. The van der Waals surface area contributed by atoms with Gasteiger partial charge in [0, 0.05) is 5.56 Å². The zero-order valence-corrected chi connectivity index (χ0v) is 14.0. The number of rotatable bonds is 6. The maximum atomic E-state index is 12.2. The molecule has 2 heterocycles. The van der Waals surface area contributed by atoms with Crippen LogP contribution < -0.4 is 5.69 Å². The van der Waals surface area contributed by atoms with Gasteiger partial charge in [0.2, 0.25) is 0 Å². The molecular weight excluding hydrogens is 340 g/mol. The minimum Gasteiger partial charge on any atom is -0.306 e. The molecule has 0 radical (unpaired) electrons. The van der Waals surface area contributed by atoms with Crippen LogP contribution in [0, 0.1) is 0 Å². The quantitative estimate of drug-likeness (QED) is 0.523. The number of aromatic nitrogens is 4. The molecule has 0 bridgehead atoms. The Hall–Kier alpha value is -1.58. The number of ketones is 1. The normalized spacial score (nSPS) is 11.1. The summed E-state index contributed by atoms with van der Waals surface area (Å²) in [6.45, 7) is 2.06. The Morgan fingerprint density at radius 2 is 1.91 bits per heavy atom. The highest BCUT2D eigenvalue weighted by Crippen LogP contribution is 2.29. The predicted molar refractivity (Wildman–Crippen MR) is 90.3 cm³/mol. The van der Waals surface area contributed by atoms with Crippen molar-refractivity contribution in [2.75, 3.05) is 11.5 Å². The summed E-state index contributed by atoms with van der Waals surface area (Å²) in [5.41, 5.74) is 1.63. The summed E-state index contributed by atoms with van der Waals surface area (Å²) in [6.07, 6.45) is 0. The molecule has 0 amide bonds. The van der Waals surface area contributed by atoms with Gasteiger partial charge >= 0.3 is 5.69 Å². The summed E-state index contributed by atoms with van der Waals surface area (Å²) in [5, 5.41) is 8.12. The maximum absolute atomic E-state index is 12.2. The van der Waals surface area contributed by atoms with E-state index in [0.29, 0.717) is 22.3 Å². The van der Waals surface area contributed by atoms with E-state index in [0.717, 1.165) is 14.4 Å². The van der Waals surface area contributed by atoms with Crippen LogP contribution in [0.2, 0.25) is 0 Å². The number of nitrogens with one attached hydrogen (secondary N) is 2. The van der Waals surface area contributed by atoms with Crippen LogP contribution in [0.1, 0.15) is 17.3 Å². The number of imidazole rings is 1. The summed E-state index contributed by atoms with van der Waals surface area (Å²) in [5.74, 6) is 1.24. The maximum Gasteiger partial charge on any atom is 0.323 e. The second-order valence-electron chi connectivity index (χ2n) is 4.32. The summed E-state index contributed by atoms with van der Waals surface area (Å²) < 4.78 is 1.71. The third kappa shape index (κ3) is 3.42. The van der Waals surface area contributed by atoms with Gasteiger partial charge in [0.25, 0.3) is 0 Å². The lowest BCUT2D eigenvalue weighted by Crippen LogP contribution is -2.02. The number of H-pyrrole nitrogens is 2. The minimum atomic E-state index is -0.274. The van der Waals surface area contributed by atoms with Gasteiger partial charge in [-0.1, -0.05) is 41.8 Å². The van der Waals surface area contributed by atoms with E-state index in [-0.39, 0.29) is 11.5 Å². The molecule has 0 aliphatic rings. The van der Waals surface area contributed by atoms with Crippen LogP contribution in [0.5, 0.6) is 0 Å². The van der Waals surface area contributed by atoms with E-state index in [2.05, 4.69) is 27.1 Å². The number of aromatic amines is 2. The number of benzene rings is 1. The van der Waals surface area contributed by atoms with Gasteiger partial charge in [-0.25, -0.2) is 4.79 Å². The molecule has 0 unspecified atom stereocenters. The molecule has 9 heteroatoms. The number of carbonyl (C=O) groups is 1. The van der Waals surface area contributed by atoms with Crippen LogP contribution in [0.25, 0.3) is 11.0 Å². The molecule has 0 saturated heterocycles. The molecule has 3 rings (SSSR count). The molecule has 0 aliphatic carbocycles. The first-order valence-electron chi connectivity index (χ1n) is 6.50. The molecule has 0 fully saturated rings. The van der Waals surface area contributed by atoms with E-state index < -0.39 is 0 Å². The third-order valence-electron chi connectivity index (χ3n) is 2.82. The van der Waals surface area contributed by atoms with Crippen molar-refractivity contribution in [1.29, 1.82) is 0 Å². The molecular formula is C13H12N4O2S3. The average Bonchev–Trinajstić information content (AvgIpc) is 3.09. The molecule has 0 aliphatic heterocycles. The number of hydrogen-bond donors (Lipinski definition) is 2. The molecule has 3 aromatic rings. The molecule has 6 nitrogen and oxygen atoms in total. The number of nitrogens with zero attached hydrogens (tertiary/aromatic N) is 2. The van der Waals surface area contributed by atoms with Gasteiger partial charge < -0.3 is 9.97 Å². The van der Waals surface area contributed by atoms with E-state index in [4.69, 9.17) is 0 Å². The lowest BCUT2D eigenvalue weighted by Gasteiger charge is -1.99. The van der Waals surface area contributed by atoms with Gasteiger partial charge in [0.1, 0.15) is 0 Å².